The second-order valence-corrected chi connectivity index (χ2v) is 28.1. The number of para-hydroxylation sites is 2. The van der Waals surface area contributed by atoms with Crippen molar-refractivity contribution in [2.45, 2.75) is 0 Å². The first-order valence-corrected chi connectivity index (χ1v) is 37.8. The van der Waals surface area contributed by atoms with Crippen molar-refractivity contribution in [2.24, 2.45) is 0 Å². The number of hydrogen-bond acceptors (Lipinski definition) is 10. The summed E-state index contributed by atoms with van der Waals surface area (Å²) in [4.78, 5) is 38.3. The molecule has 0 fully saturated rings. The van der Waals surface area contributed by atoms with Gasteiger partial charge in [-0.05, 0) is 176 Å². The monoisotopic (exact) mass is 1500 g/mol. The van der Waals surface area contributed by atoms with E-state index < -0.39 is 7.12 Å². The van der Waals surface area contributed by atoms with Gasteiger partial charge in [0.2, 0.25) is 0 Å². The van der Waals surface area contributed by atoms with Gasteiger partial charge in [0.1, 0.15) is 0 Å². The fourth-order valence-corrected chi connectivity index (χ4v) is 15.6. The summed E-state index contributed by atoms with van der Waals surface area (Å²) >= 11 is 3.79. The van der Waals surface area contributed by atoms with E-state index in [1.807, 2.05) is 116 Å². The van der Waals surface area contributed by atoms with Crippen LogP contribution in [0.15, 0.2) is 394 Å². The lowest BCUT2D eigenvalue weighted by Crippen LogP contribution is -2.29. The van der Waals surface area contributed by atoms with E-state index in [9.17, 15) is 10.0 Å². The van der Waals surface area contributed by atoms with Crippen molar-refractivity contribution in [3.05, 3.63) is 394 Å². The van der Waals surface area contributed by atoms with Crippen LogP contribution in [0.1, 0.15) is 0 Å². The average Bonchev–Trinajstić information content (AvgIpc) is 0.730. The lowest BCUT2D eigenvalue weighted by atomic mass is 9.79. The lowest BCUT2D eigenvalue weighted by molar-refractivity contribution is 0.426. The maximum Gasteiger partial charge on any atom is 0.488 e. The van der Waals surface area contributed by atoms with Crippen LogP contribution in [0.2, 0.25) is 0 Å². The summed E-state index contributed by atoms with van der Waals surface area (Å²) in [6.07, 6.45) is 11.0. The number of aromatic nitrogens is 8. The molecular formula is C100H66BBrN8O2. The zero-order chi connectivity index (χ0) is 75.3. The third-order valence-electron chi connectivity index (χ3n) is 20.3. The number of hydrogen-bond donors (Lipinski definition) is 2. The third kappa shape index (κ3) is 14.3. The lowest BCUT2D eigenvalue weighted by Gasteiger charge is -2.18. The maximum absolute atomic E-state index is 9.70. The molecule has 0 spiro atoms. The van der Waals surface area contributed by atoms with Gasteiger partial charge in [-0.3, -0.25) is 19.9 Å². The first-order valence-electron chi connectivity index (χ1n) is 37.0. The fraction of sp³-hybridized carbons (Fsp3) is 0. The molecule has 12 heteroatoms. The maximum atomic E-state index is 9.70. The Kier molecular flexibility index (Phi) is 19.4. The van der Waals surface area contributed by atoms with E-state index in [-0.39, 0.29) is 0 Å². The second kappa shape index (κ2) is 31.2. The molecule has 14 aromatic carbocycles. The van der Waals surface area contributed by atoms with Gasteiger partial charge in [-0.25, -0.2) is 19.9 Å². The van der Waals surface area contributed by atoms with Crippen molar-refractivity contribution < 1.29 is 10.0 Å². The molecule has 0 aliphatic rings. The molecule has 0 aliphatic heterocycles. The number of pyridine rings is 4. The number of halogens is 1. The molecule has 528 valence electrons. The van der Waals surface area contributed by atoms with E-state index in [1.165, 1.54) is 75.4 Å². The predicted molar refractivity (Wildman–Crippen MR) is 464 cm³/mol. The van der Waals surface area contributed by atoms with Crippen molar-refractivity contribution in [3.8, 4) is 123 Å². The van der Waals surface area contributed by atoms with Gasteiger partial charge in [0.05, 0.1) is 33.8 Å². The van der Waals surface area contributed by atoms with E-state index in [0.29, 0.717) is 22.7 Å². The fourth-order valence-electron chi connectivity index (χ4n) is 14.9. The summed E-state index contributed by atoms with van der Waals surface area (Å²) in [5.74, 6) is 1.13. The van der Waals surface area contributed by atoms with E-state index in [4.69, 9.17) is 24.9 Å². The smallest absolute Gasteiger partial charge is 0.423 e. The third-order valence-corrected chi connectivity index (χ3v) is 21.2. The molecule has 20 rings (SSSR count). The molecule has 20 aromatic rings. The molecule has 0 saturated carbocycles. The van der Waals surface area contributed by atoms with E-state index in [0.717, 1.165) is 100 Å². The van der Waals surface area contributed by atoms with E-state index in [1.54, 1.807) is 30.6 Å². The normalized spacial score (nSPS) is 11.2. The van der Waals surface area contributed by atoms with Gasteiger partial charge >= 0.3 is 7.12 Å². The number of rotatable bonds is 12. The largest absolute Gasteiger partial charge is 0.488 e. The summed E-state index contributed by atoms with van der Waals surface area (Å²) in [6.45, 7) is 0. The average molecular weight is 1500 g/mol. The molecule has 6 heterocycles. The molecule has 6 aromatic heterocycles. The molecule has 2 N–H and O–H groups in total. The first-order chi connectivity index (χ1) is 55.3. The minimum atomic E-state index is -1.58. The van der Waals surface area contributed by atoms with Gasteiger partial charge < -0.3 is 10.0 Å². The minimum absolute atomic E-state index is 0.374. The molecule has 0 saturated heterocycles. The SMILES string of the molecule is Brc1c2ccccc2c(-c2ccccc2)c2ccccc12.OB(O)c1cccc(-c2nc(-c3cccc(-c4cccnc4)c3)cc(-c3cnc4ccccc4c3)n2)c1.c1ccc(-c2c3ccccc3c(-c3cccc(-c4nc(-c5cccc(-c6cccnc6)c5)cc(-c5cnc6ccccc6c5)n4)c3)c3ccccc23)cc1. The highest BCUT2D eigenvalue weighted by molar-refractivity contribution is 9.10. The zero-order valence-electron chi connectivity index (χ0n) is 60.4. The van der Waals surface area contributed by atoms with Crippen LogP contribution in [-0.4, -0.2) is 57.0 Å². The van der Waals surface area contributed by atoms with Gasteiger partial charge in [0.25, 0.3) is 0 Å². The quantitative estimate of drug-likeness (QED) is 0.0896. The van der Waals surface area contributed by atoms with Gasteiger partial charge in [-0.2, -0.15) is 0 Å². The Balaban J connectivity index is 0.000000130. The number of nitrogens with zero attached hydrogens (tertiary/aromatic N) is 8. The molecule has 0 unspecified atom stereocenters. The standard InChI is InChI=1S/C50H32N4.C30H21BN4O2.C20H13Br/c1-2-13-33(14-3-1)48-41-21-5-7-23-43(41)49(44-24-8-6-22-42(44)48)37-18-11-19-38(29-37)50-53-46(36-17-10-16-34(27-36)39-20-12-26-51-31-39)30-47(54-50)40-28-35-15-4-9-25-45(35)52-32-40;36-31(37)26-11-4-9-23(16-26)30-34-28(22-8-3-7-20(14-22)24-10-5-13-32-18-24)17-29(35-30)25-15-21-6-1-2-12-27(21)33-19-25;21-20-17-12-6-4-10-15(17)19(14-8-2-1-3-9-14)16-11-5-7-13-18(16)20/h1-32H;1-19,36-37H;1-13H. The highest BCUT2D eigenvalue weighted by Crippen LogP contribution is 2.46. The summed E-state index contributed by atoms with van der Waals surface area (Å²) < 4.78 is 1.17. The van der Waals surface area contributed by atoms with E-state index in [2.05, 4.69) is 274 Å². The molecule has 0 bridgehead atoms. The summed E-state index contributed by atoms with van der Waals surface area (Å²) in [6, 6.07) is 121. The van der Waals surface area contributed by atoms with Crippen molar-refractivity contribution >= 4 is 93.4 Å². The van der Waals surface area contributed by atoms with E-state index >= 15 is 0 Å². The topological polar surface area (TPSA) is 144 Å². The highest BCUT2D eigenvalue weighted by Gasteiger charge is 2.21. The van der Waals surface area contributed by atoms with Crippen molar-refractivity contribution in [2.75, 3.05) is 0 Å². The van der Waals surface area contributed by atoms with Gasteiger partial charge in [0.15, 0.2) is 11.6 Å². The zero-order valence-corrected chi connectivity index (χ0v) is 62.0. The Hall–Kier alpha value is -14.1. The number of benzene rings is 14. The van der Waals surface area contributed by atoms with Crippen LogP contribution in [0.5, 0.6) is 0 Å². The Morgan fingerprint density at radius 2 is 0.554 bits per heavy atom. The van der Waals surface area contributed by atoms with Crippen molar-refractivity contribution in [3.63, 3.8) is 0 Å². The van der Waals surface area contributed by atoms with Gasteiger partial charge in [-0.1, -0.05) is 285 Å². The Morgan fingerprint density at radius 3 is 0.982 bits per heavy atom. The molecule has 10 nitrogen and oxygen atoms in total. The van der Waals surface area contributed by atoms with Crippen LogP contribution >= 0.6 is 15.9 Å². The molecule has 0 aliphatic carbocycles. The van der Waals surface area contributed by atoms with Crippen LogP contribution in [-0.2, 0) is 0 Å². The van der Waals surface area contributed by atoms with Crippen LogP contribution in [0, 0.1) is 0 Å². The minimum Gasteiger partial charge on any atom is -0.423 e. The Morgan fingerprint density at radius 1 is 0.232 bits per heavy atom. The Labute approximate surface area is 655 Å². The summed E-state index contributed by atoms with van der Waals surface area (Å²) in [7, 11) is -1.58. The number of fused-ring (bicyclic) bond motifs is 6. The van der Waals surface area contributed by atoms with Crippen LogP contribution < -0.4 is 5.46 Å². The molecular weight excluding hydrogens is 1440 g/mol. The van der Waals surface area contributed by atoms with Gasteiger partial charge in [-0.15, -0.1) is 0 Å². The van der Waals surface area contributed by atoms with Crippen LogP contribution in [0.4, 0.5) is 0 Å². The van der Waals surface area contributed by atoms with Crippen LogP contribution in [0.25, 0.3) is 188 Å². The van der Waals surface area contributed by atoms with Crippen molar-refractivity contribution in [1.29, 1.82) is 0 Å². The highest BCUT2D eigenvalue weighted by atomic mass is 79.9. The Bertz CT molecular complexity index is 6780. The summed E-state index contributed by atoms with van der Waals surface area (Å²) in [5.41, 5.74) is 22.2. The first kappa shape index (κ1) is 69.6. The van der Waals surface area contributed by atoms with Gasteiger partial charge in [0, 0.05) is 96.9 Å². The molecule has 0 amide bonds. The predicted octanol–water partition coefficient (Wildman–Crippen LogP) is 23.9. The second-order valence-electron chi connectivity index (χ2n) is 27.3. The van der Waals surface area contributed by atoms with Crippen molar-refractivity contribution in [1.82, 2.24) is 39.9 Å². The molecule has 0 radical (unpaired) electrons. The summed E-state index contributed by atoms with van der Waals surface area (Å²) in [5, 5.41) is 31.4. The van der Waals surface area contributed by atoms with Crippen LogP contribution in [0.3, 0.4) is 0 Å². The molecule has 112 heavy (non-hydrogen) atoms. The molecule has 0 atom stereocenters.